The van der Waals surface area contributed by atoms with E-state index in [1.54, 1.807) is 0 Å². The standard InChI is InChI=1S/C9H17N3/c1-10-7-4-8(11-2)6-9(5-7)12-3/h4-5,8,10-12H,6H2,1-3H3. The summed E-state index contributed by atoms with van der Waals surface area (Å²) in [6.45, 7) is 0. The van der Waals surface area contributed by atoms with Gasteiger partial charge in [-0.05, 0) is 19.2 Å². The molecule has 0 aromatic rings. The normalized spacial score (nSPS) is 22.8. The van der Waals surface area contributed by atoms with Crippen molar-refractivity contribution < 1.29 is 0 Å². The molecule has 0 radical (unpaired) electrons. The summed E-state index contributed by atoms with van der Waals surface area (Å²) in [6.07, 6.45) is 5.37. The lowest BCUT2D eigenvalue weighted by Crippen LogP contribution is -2.30. The fourth-order valence-corrected chi connectivity index (χ4v) is 1.32. The number of nitrogens with one attached hydrogen (secondary N) is 3. The van der Waals surface area contributed by atoms with Crippen LogP contribution in [-0.4, -0.2) is 27.2 Å². The van der Waals surface area contributed by atoms with Gasteiger partial charge in [0, 0.05) is 38.0 Å². The zero-order chi connectivity index (χ0) is 8.97. The maximum absolute atomic E-state index is 3.24. The summed E-state index contributed by atoms with van der Waals surface area (Å²) in [5, 5.41) is 9.55. The van der Waals surface area contributed by atoms with E-state index in [2.05, 4.69) is 28.1 Å². The van der Waals surface area contributed by atoms with Crippen LogP contribution in [0.2, 0.25) is 0 Å². The summed E-state index contributed by atoms with van der Waals surface area (Å²) in [6, 6.07) is 0.444. The van der Waals surface area contributed by atoms with Crippen molar-refractivity contribution in [2.75, 3.05) is 21.1 Å². The summed E-state index contributed by atoms with van der Waals surface area (Å²) in [5.74, 6) is 0. The van der Waals surface area contributed by atoms with Gasteiger partial charge in [0.15, 0.2) is 0 Å². The van der Waals surface area contributed by atoms with Crippen molar-refractivity contribution >= 4 is 0 Å². The third kappa shape index (κ3) is 2.01. The van der Waals surface area contributed by atoms with Gasteiger partial charge >= 0.3 is 0 Å². The van der Waals surface area contributed by atoms with Crippen molar-refractivity contribution in [3.63, 3.8) is 0 Å². The van der Waals surface area contributed by atoms with Crippen LogP contribution < -0.4 is 16.0 Å². The quantitative estimate of drug-likeness (QED) is 0.561. The summed E-state index contributed by atoms with van der Waals surface area (Å²) < 4.78 is 0. The molecule has 0 saturated carbocycles. The Kier molecular flexibility index (Phi) is 3.17. The number of rotatable bonds is 3. The van der Waals surface area contributed by atoms with Crippen LogP contribution in [0, 0.1) is 0 Å². The molecule has 1 rings (SSSR count). The summed E-state index contributed by atoms with van der Waals surface area (Å²) >= 11 is 0. The Hall–Kier alpha value is -0.960. The number of likely N-dealkylation sites (N-methyl/N-ethyl adjacent to an activating group) is 2. The zero-order valence-corrected chi connectivity index (χ0v) is 7.94. The first-order chi connectivity index (χ1) is 5.80. The predicted octanol–water partition coefficient (Wildman–Crippen LogP) is 0.185. The second-order valence-corrected chi connectivity index (χ2v) is 2.89. The van der Waals surface area contributed by atoms with Crippen LogP contribution in [0.1, 0.15) is 6.42 Å². The topological polar surface area (TPSA) is 36.1 Å². The van der Waals surface area contributed by atoms with Gasteiger partial charge in [0.25, 0.3) is 0 Å². The first-order valence-electron chi connectivity index (χ1n) is 4.25. The molecule has 0 aromatic heterocycles. The van der Waals surface area contributed by atoms with Gasteiger partial charge < -0.3 is 16.0 Å². The highest BCUT2D eigenvalue weighted by Crippen LogP contribution is 2.13. The molecule has 1 atom stereocenters. The largest absolute Gasteiger partial charge is 0.391 e. The second kappa shape index (κ2) is 4.16. The van der Waals surface area contributed by atoms with Crippen LogP contribution in [0.4, 0.5) is 0 Å². The molecule has 1 aliphatic carbocycles. The monoisotopic (exact) mass is 167 g/mol. The molecule has 1 unspecified atom stereocenters. The molecule has 0 saturated heterocycles. The fourth-order valence-electron chi connectivity index (χ4n) is 1.32. The molecule has 3 heteroatoms. The van der Waals surface area contributed by atoms with Crippen LogP contribution in [0.5, 0.6) is 0 Å². The first kappa shape index (κ1) is 9.13. The fraction of sp³-hybridized carbons (Fsp3) is 0.556. The van der Waals surface area contributed by atoms with Gasteiger partial charge in [0.2, 0.25) is 0 Å². The molecule has 0 heterocycles. The van der Waals surface area contributed by atoms with Crippen molar-refractivity contribution in [3.05, 3.63) is 23.5 Å². The van der Waals surface area contributed by atoms with Crippen molar-refractivity contribution in [1.29, 1.82) is 0 Å². The van der Waals surface area contributed by atoms with Crippen molar-refractivity contribution in [2.45, 2.75) is 12.5 Å². The van der Waals surface area contributed by atoms with Crippen molar-refractivity contribution in [3.8, 4) is 0 Å². The van der Waals surface area contributed by atoms with Crippen molar-refractivity contribution in [2.24, 2.45) is 0 Å². The maximum atomic E-state index is 3.24. The van der Waals surface area contributed by atoms with Crippen LogP contribution in [0.3, 0.4) is 0 Å². The lowest BCUT2D eigenvalue weighted by atomic mass is 10.0. The summed E-state index contributed by atoms with van der Waals surface area (Å²) in [5.41, 5.74) is 2.44. The SMILES string of the molecule is CNC1=CC(NC)CC(NC)=C1. The third-order valence-corrected chi connectivity index (χ3v) is 2.13. The molecular weight excluding hydrogens is 150 g/mol. The van der Waals surface area contributed by atoms with E-state index in [0.29, 0.717) is 6.04 Å². The smallest absolute Gasteiger partial charge is 0.0330 e. The van der Waals surface area contributed by atoms with Crippen LogP contribution in [0.15, 0.2) is 23.5 Å². The van der Waals surface area contributed by atoms with Gasteiger partial charge in [0.05, 0.1) is 0 Å². The van der Waals surface area contributed by atoms with E-state index >= 15 is 0 Å². The van der Waals surface area contributed by atoms with E-state index in [0.717, 1.165) is 6.42 Å². The average molecular weight is 167 g/mol. The minimum atomic E-state index is 0.444. The molecule has 0 bridgehead atoms. The Morgan fingerprint density at radius 1 is 1.25 bits per heavy atom. The number of allylic oxidation sites excluding steroid dienone is 1. The summed E-state index contributed by atoms with van der Waals surface area (Å²) in [7, 11) is 5.87. The lowest BCUT2D eigenvalue weighted by Gasteiger charge is -2.21. The van der Waals surface area contributed by atoms with Gasteiger partial charge in [-0.2, -0.15) is 0 Å². The zero-order valence-electron chi connectivity index (χ0n) is 7.94. The van der Waals surface area contributed by atoms with E-state index in [4.69, 9.17) is 0 Å². The van der Waals surface area contributed by atoms with E-state index in [9.17, 15) is 0 Å². The van der Waals surface area contributed by atoms with Crippen molar-refractivity contribution in [1.82, 2.24) is 16.0 Å². The Labute approximate surface area is 73.9 Å². The van der Waals surface area contributed by atoms with Gasteiger partial charge in [0.1, 0.15) is 0 Å². The highest BCUT2D eigenvalue weighted by molar-refractivity contribution is 5.28. The molecule has 0 aromatic carbocycles. The Bertz CT molecular complexity index is 206. The van der Waals surface area contributed by atoms with Gasteiger partial charge in [-0.15, -0.1) is 0 Å². The van der Waals surface area contributed by atoms with E-state index in [1.807, 2.05) is 21.1 Å². The predicted molar refractivity (Wildman–Crippen MR) is 51.8 cm³/mol. The Morgan fingerprint density at radius 2 is 2.00 bits per heavy atom. The molecule has 0 spiro atoms. The van der Waals surface area contributed by atoms with Crippen LogP contribution >= 0.6 is 0 Å². The molecule has 12 heavy (non-hydrogen) atoms. The Balaban J connectivity index is 2.70. The Morgan fingerprint density at radius 3 is 2.50 bits per heavy atom. The van der Waals surface area contributed by atoms with E-state index < -0.39 is 0 Å². The minimum Gasteiger partial charge on any atom is -0.391 e. The third-order valence-electron chi connectivity index (χ3n) is 2.13. The van der Waals surface area contributed by atoms with Gasteiger partial charge in [-0.25, -0.2) is 0 Å². The van der Waals surface area contributed by atoms with E-state index in [1.165, 1.54) is 11.4 Å². The molecule has 68 valence electrons. The first-order valence-corrected chi connectivity index (χ1v) is 4.25. The van der Waals surface area contributed by atoms with Crippen LogP contribution in [-0.2, 0) is 0 Å². The molecule has 0 aliphatic heterocycles. The maximum Gasteiger partial charge on any atom is 0.0330 e. The molecule has 0 fully saturated rings. The average Bonchev–Trinajstić information content (AvgIpc) is 2.16. The molecule has 3 N–H and O–H groups in total. The van der Waals surface area contributed by atoms with E-state index in [-0.39, 0.29) is 0 Å². The highest BCUT2D eigenvalue weighted by Gasteiger charge is 2.11. The molecular formula is C9H17N3. The van der Waals surface area contributed by atoms with Gasteiger partial charge in [-0.1, -0.05) is 0 Å². The molecule has 0 amide bonds. The van der Waals surface area contributed by atoms with Crippen LogP contribution in [0.25, 0.3) is 0 Å². The lowest BCUT2D eigenvalue weighted by molar-refractivity contribution is 0.622. The second-order valence-electron chi connectivity index (χ2n) is 2.89. The molecule has 3 nitrogen and oxygen atoms in total. The summed E-state index contributed by atoms with van der Waals surface area (Å²) in [4.78, 5) is 0. The number of hydrogen-bond acceptors (Lipinski definition) is 3. The number of hydrogen-bond donors (Lipinski definition) is 3. The minimum absolute atomic E-state index is 0.444. The van der Waals surface area contributed by atoms with Gasteiger partial charge in [-0.3, -0.25) is 0 Å². The highest BCUT2D eigenvalue weighted by atomic mass is 14.9. The molecule has 1 aliphatic rings.